The van der Waals surface area contributed by atoms with E-state index in [-0.39, 0.29) is 22.7 Å². The molecule has 1 N–H and O–H groups in total. The molecule has 0 radical (unpaired) electrons. The van der Waals surface area contributed by atoms with E-state index in [4.69, 9.17) is 4.74 Å². The molecule has 1 amide bonds. The van der Waals surface area contributed by atoms with Gasteiger partial charge in [-0.3, -0.25) is 4.79 Å². The first kappa shape index (κ1) is 22.2. The summed E-state index contributed by atoms with van der Waals surface area (Å²) in [6, 6.07) is 11.8. The summed E-state index contributed by atoms with van der Waals surface area (Å²) < 4.78 is 45.8. The number of amides is 1. The van der Waals surface area contributed by atoms with E-state index in [1.165, 1.54) is 28.6 Å². The first-order valence-corrected chi connectivity index (χ1v) is 11.6. The monoisotopic (exact) mass is 434 g/mol. The molecule has 0 bridgehead atoms. The van der Waals surface area contributed by atoms with E-state index in [1.54, 1.807) is 24.3 Å². The van der Waals surface area contributed by atoms with Crippen molar-refractivity contribution in [2.75, 3.05) is 19.7 Å². The van der Waals surface area contributed by atoms with Crippen LogP contribution in [0.1, 0.15) is 43.0 Å². The minimum Gasteiger partial charge on any atom is -0.494 e. The van der Waals surface area contributed by atoms with Crippen LogP contribution in [0.5, 0.6) is 5.75 Å². The van der Waals surface area contributed by atoms with Gasteiger partial charge in [0.05, 0.1) is 11.5 Å². The van der Waals surface area contributed by atoms with Gasteiger partial charge in [0, 0.05) is 24.7 Å². The van der Waals surface area contributed by atoms with Crippen LogP contribution < -0.4 is 10.1 Å². The van der Waals surface area contributed by atoms with Gasteiger partial charge in [-0.25, -0.2) is 12.8 Å². The first-order valence-electron chi connectivity index (χ1n) is 10.2. The van der Waals surface area contributed by atoms with Gasteiger partial charge in [0.25, 0.3) is 5.91 Å². The standard InChI is InChI=1S/C22H27FN2O4S/c1-17-6-2-3-14-25(17)30(27,28)21-8-4-7-18(16-21)22(26)24-13-5-15-29-20-11-9-19(23)10-12-20/h4,7-12,16-17H,2-3,5-6,13-15H2,1H3,(H,24,26). The van der Waals surface area contributed by atoms with E-state index in [9.17, 15) is 17.6 Å². The summed E-state index contributed by atoms with van der Waals surface area (Å²) >= 11 is 0. The molecule has 1 aliphatic rings. The molecule has 6 nitrogen and oxygen atoms in total. The Hall–Kier alpha value is -2.45. The third-order valence-electron chi connectivity index (χ3n) is 5.13. The van der Waals surface area contributed by atoms with Crippen molar-refractivity contribution in [3.63, 3.8) is 0 Å². The molecule has 0 aromatic heterocycles. The number of nitrogens with one attached hydrogen (secondary N) is 1. The Morgan fingerprint density at radius 1 is 1.20 bits per heavy atom. The number of sulfonamides is 1. The highest BCUT2D eigenvalue weighted by atomic mass is 32.2. The lowest BCUT2D eigenvalue weighted by Gasteiger charge is -2.32. The highest BCUT2D eigenvalue weighted by Gasteiger charge is 2.31. The van der Waals surface area contributed by atoms with E-state index >= 15 is 0 Å². The maximum atomic E-state index is 13.0. The summed E-state index contributed by atoms with van der Waals surface area (Å²) in [5.74, 6) is -0.0956. The second-order valence-corrected chi connectivity index (χ2v) is 9.29. The molecule has 2 aromatic carbocycles. The highest BCUT2D eigenvalue weighted by Crippen LogP contribution is 2.25. The number of nitrogens with zero attached hydrogens (tertiary/aromatic N) is 1. The summed E-state index contributed by atoms with van der Waals surface area (Å²) in [6.45, 7) is 3.17. The predicted molar refractivity (Wildman–Crippen MR) is 112 cm³/mol. The number of halogens is 1. The Morgan fingerprint density at radius 3 is 2.70 bits per heavy atom. The number of carbonyl (C=O) groups is 1. The Morgan fingerprint density at radius 2 is 1.97 bits per heavy atom. The molecule has 1 heterocycles. The maximum absolute atomic E-state index is 13.0. The van der Waals surface area contributed by atoms with Crippen molar-refractivity contribution in [2.45, 2.75) is 43.5 Å². The molecule has 30 heavy (non-hydrogen) atoms. The normalized spacial score (nSPS) is 17.5. The minimum atomic E-state index is -3.62. The largest absolute Gasteiger partial charge is 0.494 e. The van der Waals surface area contributed by atoms with E-state index in [1.807, 2.05) is 6.92 Å². The molecule has 0 saturated carbocycles. The smallest absolute Gasteiger partial charge is 0.251 e. The van der Waals surface area contributed by atoms with Crippen molar-refractivity contribution < 1.29 is 22.3 Å². The first-order chi connectivity index (χ1) is 14.4. The summed E-state index contributed by atoms with van der Waals surface area (Å²) in [4.78, 5) is 12.6. The molecule has 8 heteroatoms. The fourth-order valence-corrected chi connectivity index (χ4v) is 5.20. The van der Waals surface area contributed by atoms with Crippen LogP contribution in [0.4, 0.5) is 4.39 Å². The second kappa shape index (κ2) is 10.0. The van der Waals surface area contributed by atoms with Crippen LogP contribution >= 0.6 is 0 Å². The van der Waals surface area contributed by atoms with Gasteiger partial charge >= 0.3 is 0 Å². The number of hydrogen-bond acceptors (Lipinski definition) is 4. The van der Waals surface area contributed by atoms with Crippen LogP contribution in [0.25, 0.3) is 0 Å². The van der Waals surface area contributed by atoms with Gasteiger partial charge in [0.15, 0.2) is 0 Å². The molecule has 0 spiro atoms. The molecule has 1 atom stereocenters. The molecule has 1 fully saturated rings. The number of ether oxygens (including phenoxy) is 1. The molecule has 2 aromatic rings. The Labute approximate surface area is 177 Å². The number of carbonyl (C=O) groups excluding carboxylic acids is 1. The van der Waals surface area contributed by atoms with E-state index < -0.39 is 10.0 Å². The molecule has 1 aliphatic heterocycles. The number of benzene rings is 2. The fourth-order valence-electron chi connectivity index (χ4n) is 3.46. The zero-order chi connectivity index (χ0) is 21.6. The topological polar surface area (TPSA) is 75.7 Å². The summed E-state index contributed by atoms with van der Waals surface area (Å²) in [5.41, 5.74) is 0.306. The summed E-state index contributed by atoms with van der Waals surface area (Å²) in [5, 5.41) is 2.77. The van der Waals surface area contributed by atoms with Crippen LogP contribution in [0.3, 0.4) is 0 Å². The molecule has 0 aliphatic carbocycles. The SMILES string of the molecule is CC1CCCCN1S(=O)(=O)c1cccc(C(=O)NCCCOc2ccc(F)cc2)c1. The van der Waals surface area contributed by atoms with Crippen molar-refractivity contribution in [3.05, 3.63) is 59.9 Å². The Balaban J connectivity index is 1.53. The number of piperidine rings is 1. The lowest BCUT2D eigenvalue weighted by Crippen LogP contribution is -2.42. The lowest BCUT2D eigenvalue weighted by molar-refractivity contribution is 0.0951. The zero-order valence-corrected chi connectivity index (χ0v) is 17.8. The predicted octanol–water partition coefficient (Wildman–Crippen LogP) is 3.59. The molecule has 3 rings (SSSR count). The third kappa shape index (κ3) is 5.58. The summed E-state index contributed by atoms with van der Waals surface area (Å²) in [6.07, 6.45) is 3.29. The van der Waals surface area contributed by atoms with Gasteiger partial charge in [0.1, 0.15) is 11.6 Å². The van der Waals surface area contributed by atoms with Gasteiger partial charge in [-0.2, -0.15) is 4.31 Å². The van der Waals surface area contributed by atoms with Crippen LogP contribution in [-0.4, -0.2) is 44.4 Å². The van der Waals surface area contributed by atoms with Crippen LogP contribution in [-0.2, 0) is 10.0 Å². The second-order valence-electron chi connectivity index (χ2n) is 7.40. The summed E-state index contributed by atoms with van der Waals surface area (Å²) in [7, 11) is -3.62. The molecule has 1 unspecified atom stereocenters. The van der Waals surface area contributed by atoms with Gasteiger partial charge in [-0.05, 0) is 68.7 Å². The fraction of sp³-hybridized carbons (Fsp3) is 0.409. The minimum absolute atomic E-state index is 0.0395. The average molecular weight is 435 g/mol. The van der Waals surface area contributed by atoms with Crippen molar-refractivity contribution >= 4 is 15.9 Å². The maximum Gasteiger partial charge on any atom is 0.251 e. The van der Waals surface area contributed by atoms with Gasteiger partial charge < -0.3 is 10.1 Å². The molecular weight excluding hydrogens is 407 g/mol. The zero-order valence-electron chi connectivity index (χ0n) is 17.0. The van der Waals surface area contributed by atoms with Crippen LogP contribution in [0, 0.1) is 5.82 Å². The van der Waals surface area contributed by atoms with Crippen molar-refractivity contribution in [3.8, 4) is 5.75 Å². The van der Waals surface area contributed by atoms with Crippen molar-refractivity contribution in [2.24, 2.45) is 0 Å². The molecule has 162 valence electrons. The van der Waals surface area contributed by atoms with Gasteiger partial charge in [0.2, 0.25) is 10.0 Å². The van der Waals surface area contributed by atoms with Crippen LogP contribution in [0.15, 0.2) is 53.4 Å². The highest BCUT2D eigenvalue weighted by molar-refractivity contribution is 7.89. The van der Waals surface area contributed by atoms with Crippen LogP contribution in [0.2, 0.25) is 0 Å². The number of hydrogen-bond donors (Lipinski definition) is 1. The lowest BCUT2D eigenvalue weighted by atomic mass is 10.1. The number of rotatable bonds is 8. The molecular formula is C22H27FN2O4S. The van der Waals surface area contributed by atoms with Crippen molar-refractivity contribution in [1.29, 1.82) is 0 Å². The Kier molecular flexibility index (Phi) is 7.44. The Bertz CT molecular complexity index is 963. The quantitative estimate of drug-likeness (QED) is 0.645. The average Bonchev–Trinajstić information content (AvgIpc) is 2.75. The van der Waals surface area contributed by atoms with Gasteiger partial charge in [-0.1, -0.05) is 12.5 Å². The molecule has 1 saturated heterocycles. The van der Waals surface area contributed by atoms with E-state index in [0.29, 0.717) is 37.4 Å². The van der Waals surface area contributed by atoms with E-state index in [0.717, 1.165) is 19.3 Å². The van der Waals surface area contributed by atoms with Gasteiger partial charge in [-0.15, -0.1) is 0 Å². The third-order valence-corrected chi connectivity index (χ3v) is 7.14. The van der Waals surface area contributed by atoms with Crippen molar-refractivity contribution in [1.82, 2.24) is 9.62 Å². The van der Waals surface area contributed by atoms with E-state index in [2.05, 4.69) is 5.32 Å².